The Morgan fingerprint density at radius 1 is 1.43 bits per heavy atom. The third kappa shape index (κ3) is 3.06. The molecule has 0 atom stereocenters. The Bertz CT molecular complexity index is 349. The van der Waals surface area contributed by atoms with Crippen LogP contribution in [0, 0.1) is 10.1 Å². The number of thiol groups is 1. The van der Waals surface area contributed by atoms with E-state index in [-0.39, 0.29) is 12.3 Å². The summed E-state index contributed by atoms with van der Waals surface area (Å²) in [5, 5.41) is 9.61. The molecule has 0 saturated carbocycles. The maximum atomic E-state index is 10.3. The minimum atomic E-state index is -0.677. The molecule has 1 aromatic rings. The fourth-order valence-electron chi connectivity index (χ4n) is 0.859. The van der Waals surface area contributed by atoms with E-state index in [1.54, 1.807) is 0 Å². The van der Waals surface area contributed by atoms with E-state index in [4.69, 9.17) is 0 Å². The molecule has 0 N–H and O–H groups in total. The van der Waals surface area contributed by atoms with Gasteiger partial charge >= 0.3 is 5.30 Å². The second-order valence-corrected chi connectivity index (χ2v) is 2.84. The Labute approximate surface area is 85.2 Å². The van der Waals surface area contributed by atoms with Crippen molar-refractivity contribution in [2.45, 2.75) is 6.61 Å². The molecule has 0 aromatic heterocycles. The van der Waals surface area contributed by atoms with Crippen molar-refractivity contribution in [1.82, 2.24) is 0 Å². The van der Waals surface area contributed by atoms with Gasteiger partial charge in [-0.1, -0.05) is 12.6 Å². The lowest BCUT2D eigenvalue weighted by Crippen LogP contribution is -1.95. The minimum Gasteiger partial charge on any atom is -0.453 e. The van der Waals surface area contributed by atoms with Crippen molar-refractivity contribution in [1.29, 1.82) is 0 Å². The second-order valence-electron chi connectivity index (χ2n) is 2.48. The van der Waals surface area contributed by atoms with Gasteiger partial charge in [0.2, 0.25) is 0 Å². The van der Waals surface area contributed by atoms with Gasteiger partial charge in [0, 0.05) is 12.1 Å². The van der Waals surface area contributed by atoms with Crippen LogP contribution in [0.5, 0.6) is 0 Å². The molecule has 14 heavy (non-hydrogen) atoms. The van der Waals surface area contributed by atoms with Crippen LogP contribution >= 0.6 is 12.6 Å². The van der Waals surface area contributed by atoms with Crippen LogP contribution in [0.15, 0.2) is 24.3 Å². The molecule has 0 radical (unpaired) electrons. The van der Waals surface area contributed by atoms with Gasteiger partial charge in [-0.2, -0.15) is 0 Å². The van der Waals surface area contributed by atoms with Crippen molar-refractivity contribution in [3.63, 3.8) is 0 Å². The van der Waals surface area contributed by atoms with Crippen molar-refractivity contribution in [2.24, 2.45) is 0 Å². The van der Waals surface area contributed by atoms with Gasteiger partial charge in [0.1, 0.15) is 6.61 Å². The Kier molecular flexibility index (Phi) is 3.47. The number of carbonyl (C=O) groups excluding carboxylic acids is 1. The predicted molar refractivity (Wildman–Crippen MR) is 52.3 cm³/mol. The molecule has 0 unspecified atom stereocenters. The number of ether oxygens (including phenoxy) is 1. The molecule has 6 heteroatoms. The first-order chi connectivity index (χ1) is 6.59. The van der Waals surface area contributed by atoms with Crippen molar-refractivity contribution < 1.29 is 14.5 Å². The van der Waals surface area contributed by atoms with Crippen LogP contribution in [0.25, 0.3) is 0 Å². The molecule has 0 heterocycles. The van der Waals surface area contributed by atoms with Crippen LogP contribution in [0.4, 0.5) is 10.5 Å². The normalized spacial score (nSPS) is 9.50. The Hall–Kier alpha value is -1.56. The highest BCUT2D eigenvalue weighted by Crippen LogP contribution is 2.12. The van der Waals surface area contributed by atoms with E-state index in [1.165, 1.54) is 24.3 Å². The molecular weight excluding hydrogens is 206 g/mol. The average molecular weight is 213 g/mol. The Morgan fingerprint density at radius 3 is 2.43 bits per heavy atom. The number of hydrogen-bond donors (Lipinski definition) is 1. The summed E-state index contributed by atoms with van der Waals surface area (Å²) in [4.78, 5) is 20.1. The van der Waals surface area contributed by atoms with E-state index < -0.39 is 10.2 Å². The standard InChI is InChI=1S/C8H7NO4S/c10-8(14)13-5-6-1-3-7(4-2-6)9(11)12/h1-4H,5H2,(H,10,14). The zero-order valence-electron chi connectivity index (χ0n) is 7.04. The van der Waals surface area contributed by atoms with Crippen LogP contribution in [-0.4, -0.2) is 10.2 Å². The van der Waals surface area contributed by atoms with Crippen molar-refractivity contribution >= 4 is 23.6 Å². The number of nitrogens with zero attached hydrogens (tertiary/aromatic N) is 1. The predicted octanol–water partition coefficient (Wildman–Crippen LogP) is 2.16. The highest BCUT2D eigenvalue weighted by atomic mass is 32.1. The molecule has 0 aliphatic rings. The van der Waals surface area contributed by atoms with E-state index >= 15 is 0 Å². The molecule has 1 aromatic carbocycles. The lowest BCUT2D eigenvalue weighted by Gasteiger charge is -2.00. The van der Waals surface area contributed by atoms with Gasteiger partial charge in [0.05, 0.1) is 4.92 Å². The second kappa shape index (κ2) is 4.61. The monoisotopic (exact) mass is 213 g/mol. The van der Waals surface area contributed by atoms with E-state index in [2.05, 4.69) is 17.4 Å². The Morgan fingerprint density at radius 2 is 2.00 bits per heavy atom. The van der Waals surface area contributed by atoms with Crippen LogP contribution in [0.1, 0.15) is 5.56 Å². The van der Waals surface area contributed by atoms with Gasteiger partial charge in [-0.3, -0.25) is 10.1 Å². The number of nitro benzene ring substituents is 1. The molecule has 0 fully saturated rings. The highest BCUT2D eigenvalue weighted by Gasteiger charge is 2.04. The first kappa shape index (κ1) is 10.5. The topological polar surface area (TPSA) is 69.4 Å². The summed E-state index contributed by atoms with van der Waals surface area (Å²) in [6.45, 7) is 0.0698. The van der Waals surface area contributed by atoms with Crippen LogP contribution in [-0.2, 0) is 11.3 Å². The largest absolute Gasteiger partial charge is 0.453 e. The summed E-state index contributed by atoms with van der Waals surface area (Å²) in [5.74, 6) is 0. The van der Waals surface area contributed by atoms with E-state index in [0.717, 1.165) is 0 Å². The fraction of sp³-hybridized carbons (Fsp3) is 0.125. The van der Waals surface area contributed by atoms with Crippen molar-refractivity contribution in [3.8, 4) is 0 Å². The number of non-ortho nitro benzene ring substituents is 1. The molecule has 0 bridgehead atoms. The highest BCUT2D eigenvalue weighted by molar-refractivity contribution is 7.96. The molecule has 0 amide bonds. The van der Waals surface area contributed by atoms with Crippen LogP contribution < -0.4 is 0 Å². The zero-order valence-corrected chi connectivity index (χ0v) is 7.94. The molecule has 0 aliphatic heterocycles. The number of nitro groups is 1. The van der Waals surface area contributed by atoms with Gasteiger partial charge in [-0.25, -0.2) is 4.79 Å². The first-order valence-corrected chi connectivity index (χ1v) is 4.13. The van der Waals surface area contributed by atoms with E-state index in [0.29, 0.717) is 5.56 Å². The molecule has 0 aliphatic carbocycles. The number of carbonyl (C=O) groups is 1. The summed E-state index contributed by atoms with van der Waals surface area (Å²) in [7, 11) is 0. The van der Waals surface area contributed by atoms with E-state index in [9.17, 15) is 14.9 Å². The Balaban J connectivity index is 2.64. The van der Waals surface area contributed by atoms with Crippen LogP contribution in [0.3, 0.4) is 0 Å². The lowest BCUT2D eigenvalue weighted by atomic mass is 10.2. The SMILES string of the molecule is O=C(S)OCc1ccc([N+](=O)[O-])cc1. The number of hydrogen-bond acceptors (Lipinski definition) is 4. The van der Waals surface area contributed by atoms with Crippen molar-refractivity contribution in [2.75, 3.05) is 0 Å². The summed E-state index contributed by atoms with van der Waals surface area (Å²) in [5.41, 5.74) is 0.684. The maximum absolute atomic E-state index is 10.3. The summed E-state index contributed by atoms with van der Waals surface area (Å²) in [6, 6.07) is 5.74. The summed E-state index contributed by atoms with van der Waals surface area (Å²) < 4.78 is 4.58. The van der Waals surface area contributed by atoms with Gasteiger partial charge < -0.3 is 4.74 Å². The smallest absolute Gasteiger partial charge is 0.364 e. The third-order valence-corrected chi connectivity index (χ3v) is 1.64. The number of rotatable bonds is 3. The number of benzene rings is 1. The minimum absolute atomic E-state index is 0.00551. The van der Waals surface area contributed by atoms with Gasteiger partial charge in [-0.05, 0) is 17.7 Å². The molecular formula is C8H7NO4S. The molecule has 5 nitrogen and oxygen atoms in total. The molecule has 0 saturated heterocycles. The van der Waals surface area contributed by atoms with Crippen molar-refractivity contribution in [3.05, 3.63) is 39.9 Å². The van der Waals surface area contributed by atoms with Gasteiger partial charge in [0.15, 0.2) is 0 Å². The van der Waals surface area contributed by atoms with E-state index in [1.807, 2.05) is 0 Å². The molecule has 1 rings (SSSR count). The van der Waals surface area contributed by atoms with Crippen LogP contribution in [0.2, 0.25) is 0 Å². The third-order valence-electron chi connectivity index (χ3n) is 1.51. The molecule has 74 valence electrons. The average Bonchev–Trinajstić information content (AvgIpc) is 2.15. The fourth-order valence-corrected chi connectivity index (χ4v) is 0.924. The van der Waals surface area contributed by atoms with Gasteiger partial charge in [-0.15, -0.1) is 0 Å². The summed E-state index contributed by atoms with van der Waals surface area (Å²) in [6.07, 6.45) is 0. The molecule has 0 spiro atoms. The first-order valence-electron chi connectivity index (χ1n) is 3.68. The lowest BCUT2D eigenvalue weighted by molar-refractivity contribution is -0.384. The summed E-state index contributed by atoms with van der Waals surface area (Å²) >= 11 is 3.41. The van der Waals surface area contributed by atoms with Gasteiger partial charge in [0.25, 0.3) is 5.69 Å². The zero-order chi connectivity index (χ0) is 10.6. The quantitative estimate of drug-likeness (QED) is 0.361. The maximum Gasteiger partial charge on any atom is 0.364 e.